The molecule has 1 aliphatic rings. The molecule has 5 nitrogen and oxygen atoms in total. The van der Waals surface area contributed by atoms with E-state index in [9.17, 15) is 4.79 Å². The molecule has 140 valence electrons. The van der Waals surface area contributed by atoms with Crippen molar-refractivity contribution >= 4 is 5.91 Å². The monoisotopic (exact) mass is 356 g/mol. The van der Waals surface area contributed by atoms with E-state index in [-0.39, 0.29) is 23.5 Å². The second kappa shape index (κ2) is 7.23. The second-order valence-electron chi connectivity index (χ2n) is 8.01. The molecule has 1 aliphatic heterocycles. The van der Waals surface area contributed by atoms with Crippen molar-refractivity contribution in [2.45, 2.75) is 53.2 Å². The Hall–Kier alpha value is -2.14. The number of morpholine rings is 1. The first kappa shape index (κ1) is 18.6. The Balaban J connectivity index is 1.92. The first-order valence-corrected chi connectivity index (χ1v) is 9.26. The lowest BCUT2D eigenvalue weighted by Crippen LogP contribution is -2.51. The smallest absolute Gasteiger partial charge is 0.259 e. The molecular formula is C21H28N2O3. The molecule has 0 bridgehead atoms. The Morgan fingerprint density at radius 3 is 2.54 bits per heavy atom. The maximum Gasteiger partial charge on any atom is 0.259 e. The number of carbonyl (C=O) groups is 1. The highest BCUT2D eigenvalue weighted by atomic mass is 16.5. The standard InChI is InChI=1S/C21H28N2O3/c1-6-16-19(14(2)26-22-16)20(24)23-12-17(15-10-8-7-9-11-15)25-18(13-23)21(3,4)5/h7-11,17-18H,6,12-13H2,1-5H3/t17-,18+/m0/s1. The van der Waals surface area contributed by atoms with Crippen LogP contribution in [-0.4, -0.2) is 35.2 Å². The molecular weight excluding hydrogens is 328 g/mol. The summed E-state index contributed by atoms with van der Waals surface area (Å²) in [5.41, 5.74) is 2.36. The van der Waals surface area contributed by atoms with Crippen LogP contribution in [0.25, 0.3) is 0 Å². The van der Waals surface area contributed by atoms with Crippen molar-refractivity contribution in [3.8, 4) is 0 Å². The van der Waals surface area contributed by atoms with Crippen LogP contribution >= 0.6 is 0 Å². The number of aryl methyl sites for hydroxylation is 2. The average Bonchev–Trinajstić information content (AvgIpc) is 3.01. The molecule has 2 aromatic rings. The highest BCUT2D eigenvalue weighted by molar-refractivity contribution is 5.96. The van der Waals surface area contributed by atoms with E-state index in [1.807, 2.05) is 30.0 Å². The molecule has 0 unspecified atom stereocenters. The van der Waals surface area contributed by atoms with Gasteiger partial charge in [0.2, 0.25) is 0 Å². The largest absolute Gasteiger partial charge is 0.366 e. The van der Waals surface area contributed by atoms with E-state index in [0.29, 0.717) is 30.8 Å². The number of aromatic nitrogens is 1. The van der Waals surface area contributed by atoms with E-state index in [1.54, 1.807) is 6.92 Å². The van der Waals surface area contributed by atoms with E-state index < -0.39 is 0 Å². The highest BCUT2D eigenvalue weighted by Gasteiger charge is 2.38. The molecule has 2 heterocycles. The van der Waals surface area contributed by atoms with Gasteiger partial charge in [0.25, 0.3) is 5.91 Å². The highest BCUT2D eigenvalue weighted by Crippen LogP contribution is 2.34. The van der Waals surface area contributed by atoms with Crippen LogP contribution in [0.15, 0.2) is 34.9 Å². The molecule has 0 saturated carbocycles. The molecule has 1 fully saturated rings. The SMILES string of the molecule is CCc1noc(C)c1C(=O)N1C[C@@H](c2ccccc2)O[C@@H](C(C)(C)C)C1. The van der Waals surface area contributed by atoms with Crippen LogP contribution in [0.1, 0.15) is 61.2 Å². The van der Waals surface area contributed by atoms with Gasteiger partial charge in [-0.3, -0.25) is 4.79 Å². The van der Waals surface area contributed by atoms with Crippen molar-refractivity contribution in [2.24, 2.45) is 5.41 Å². The number of carbonyl (C=O) groups excluding carboxylic acids is 1. The normalized spacial score (nSPS) is 21.0. The van der Waals surface area contributed by atoms with Crippen LogP contribution in [0, 0.1) is 12.3 Å². The van der Waals surface area contributed by atoms with Gasteiger partial charge in [0.15, 0.2) is 0 Å². The summed E-state index contributed by atoms with van der Waals surface area (Å²) in [5, 5.41) is 4.04. The van der Waals surface area contributed by atoms with E-state index in [1.165, 1.54) is 0 Å². The van der Waals surface area contributed by atoms with Crippen molar-refractivity contribution in [3.63, 3.8) is 0 Å². The molecule has 1 aromatic heterocycles. The second-order valence-corrected chi connectivity index (χ2v) is 8.01. The van der Waals surface area contributed by atoms with Gasteiger partial charge in [0, 0.05) is 6.54 Å². The van der Waals surface area contributed by atoms with Gasteiger partial charge in [-0.1, -0.05) is 63.2 Å². The fraction of sp³-hybridized carbons (Fsp3) is 0.524. The van der Waals surface area contributed by atoms with Gasteiger partial charge in [0.1, 0.15) is 17.4 Å². The predicted molar refractivity (Wildman–Crippen MR) is 100 cm³/mol. The first-order valence-electron chi connectivity index (χ1n) is 9.26. The minimum atomic E-state index is -0.136. The van der Waals surface area contributed by atoms with Gasteiger partial charge in [-0.25, -0.2) is 0 Å². The van der Waals surface area contributed by atoms with E-state index >= 15 is 0 Å². The third-order valence-electron chi connectivity index (χ3n) is 5.01. The van der Waals surface area contributed by atoms with Crippen molar-refractivity contribution in [1.82, 2.24) is 10.1 Å². The summed E-state index contributed by atoms with van der Waals surface area (Å²) in [5.74, 6) is 0.570. The van der Waals surface area contributed by atoms with E-state index in [4.69, 9.17) is 9.26 Å². The van der Waals surface area contributed by atoms with E-state index in [0.717, 1.165) is 11.3 Å². The topological polar surface area (TPSA) is 55.6 Å². The van der Waals surface area contributed by atoms with Gasteiger partial charge in [0.05, 0.1) is 18.3 Å². The van der Waals surface area contributed by atoms with Gasteiger partial charge < -0.3 is 14.2 Å². The van der Waals surface area contributed by atoms with Crippen molar-refractivity contribution < 1.29 is 14.1 Å². The van der Waals surface area contributed by atoms with Crippen LogP contribution in [0.5, 0.6) is 0 Å². The Labute approximate surface area is 155 Å². The molecule has 1 aromatic carbocycles. The molecule has 0 radical (unpaired) electrons. The molecule has 5 heteroatoms. The number of benzene rings is 1. The fourth-order valence-electron chi connectivity index (χ4n) is 3.35. The number of rotatable bonds is 3. The maximum absolute atomic E-state index is 13.3. The molecule has 0 spiro atoms. The Bertz CT molecular complexity index is 761. The lowest BCUT2D eigenvalue weighted by Gasteiger charge is -2.43. The molecule has 0 N–H and O–H groups in total. The summed E-state index contributed by atoms with van der Waals surface area (Å²) in [6.07, 6.45) is 0.493. The van der Waals surface area contributed by atoms with Gasteiger partial charge >= 0.3 is 0 Å². The molecule has 3 rings (SSSR count). The number of hydrogen-bond acceptors (Lipinski definition) is 4. The number of nitrogens with zero attached hydrogens (tertiary/aromatic N) is 2. The summed E-state index contributed by atoms with van der Waals surface area (Å²) in [6, 6.07) is 10.1. The van der Waals surface area contributed by atoms with Crippen LogP contribution in [0.2, 0.25) is 0 Å². The summed E-state index contributed by atoms with van der Waals surface area (Å²) in [4.78, 5) is 15.2. The minimum absolute atomic E-state index is 0.0147. The maximum atomic E-state index is 13.3. The molecule has 0 aliphatic carbocycles. The van der Waals surface area contributed by atoms with E-state index in [2.05, 4.69) is 38.1 Å². The third kappa shape index (κ3) is 3.68. The number of ether oxygens (including phenoxy) is 1. The first-order chi connectivity index (χ1) is 12.3. The summed E-state index contributed by atoms with van der Waals surface area (Å²) < 4.78 is 11.7. The summed E-state index contributed by atoms with van der Waals surface area (Å²) in [6.45, 7) is 11.3. The summed E-state index contributed by atoms with van der Waals surface area (Å²) >= 11 is 0. The zero-order valence-electron chi connectivity index (χ0n) is 16.3. The fourth-order valence-corrected chi connectivity index (χ4v) is 3.35. The summed E-state index contributed by atoms with van der Waals surface area (Å²) in [7, 11) is 0. The van der Waals surface area contributed by atoms with Gasteiger partial charge in [-0.15, -0.1) is 0 Å². The number of amides is 1. The molecule has 1 amide bonds. The Morgan fingerprint density at radius 1 is 1.23 bits per heavy atom. The van der Waals surface area contributed by atoms with Crippen LogP contribution < -0.4 is 0 Å². The zero-order chi connectivity index (χ0) is 18.9. The van der Waals surface area contributed by atoms with Crippen LogP contribution in [0.3, 0.4) is 0 Å². The van der Waals surface area contributed by atoms with Crippen LogP contribution in [-0.2, 0) is 11.2 Å². The van der Waals surface area contributed by atoms with Crippen LogP contribution in [0.4, 0.5) is 0 Å². The lowest BCUT2D eigenvalue weighted by molar-refractivity contribution is -0.119. The van der Waals surface area contributed by atoms with Crippen molar-refractivity contribution in [2.75, 3.05) is 13.1 Å². The Kier molecular flexibility index (Phi) is 5.19. The third-order valence-corrected chi connectivity index (χ3v) is 5.01. The zero-order valence-corrected chi connectivity index (χ0v) is 16.3. The van der Waals surface area contributed by atoms with Crippen molar-refractivity contribution in [3.05, 3.63) is 52.9 Å². The van der Waals surface area contributed by atoms with Crippen molar-refractivity contribution in [1.29, 1.82) is 0 Å². The minimum Gasteiger partial charge on any atom is -0.366 e. The molecule has 1 saturated heterocycles. The molecule has 2 atom stereocenters. The lowest BCUT2D eigenvalue weighted by atomic mass is 9.87. The average molecular weight is 356 g/mol. The predicted octanol–water partition coefficient (Wildman–Crippen LogP) is 4.17. The van der Waals surface area contributed by atoms with Gasteiger partial charge in [-0.05, 0) is 24.3 Å². The quantitative estimate of drug-likeness (QED) is 0.828. The Morgan fingerprint density at radius 2 is 1.92 bits per heavy atom. The van der Waals surface area contributed by atoms with Gasteiger partial charge in [-0.2, -0.15) is 0 Å². The number of hydrogen-bond donors (Lipinski definition) is 0. The molecule has 26 heavy (non-hydrogen) atoms.